The van der Waals surface area contributed by atoms with Crippen molar-refractivity contribution in [3.8, 4) is 16.9 Å². The van der Waals surface area contributed by atoms with E-state index < -0.39 is 5.41 Å². The van der Waals surface area contributed by atoms with Gasteiger partial charge in [-0.05, 0) is 87.6 Å². The summed E-state index contributed by atoms with van der Waals surface area (Å²) < 4.78 is 2.72. The highest BCUT2D eigenvalue weighted by Crippen LogP contribution is 2.63. The molecule has 0 saturated heterocycles. The van der Waals surface area contributed by atoms with Gasteiger partial charge in [0.25, 0.3) is 6.71 Å². The molecule has 54 heavy (non-hydrogen) atoms. The van der Waals surface area contributed by atoms with Gasteiger partial charge in [-0.25, -0.2) is 0 Å². The van der Waals surface area contributed by atoms with Crippen molar-refractivity contribution in [1.29, 1.82) is 0 Å². The summed E-state index contributed by atoms with van der Waals surface area (Å²) in [4.78, 5) is 2.85. The maximum Gasteiger partial charge on any atom is 0.252 e. The van der Waals surface area contributed by atoms with Crippen LogP contribution in [-0.4, -0.2) is 16.8 Å². The number of anilines is 2. The molecule has 1 saturated carbocycles. The lowest BCUT2D eigenvalue weighted by Crippen LogP contribution is -2.64. The predicted molar refractivity (Wildman–Crippen MR) is 227 cm³/mol. The van der Waals surface area contributed by atoms with Gasteiger partial charge in [-0.3, -0.25) is 0 Å². The average Bonchev–Trinajstić information content (AvgIpc) is 3.77. The largest absolute Gasteiger partial charge is 0.335 e. The van der Waals surface area contributed by atoms with Gasteiger partial charge in [-0.15, -0.1) is 0 Å². The summed E-state index contributed by atoms with van der Waals surface area (Å²) in [6, 6.07) is 51.8. The zero-order valence-corrected chi connectivity index (χ0v) is 32.0. The van der Waals surface area contributed by atoms with E-state index in [1.165, 1.54) is 109 Å². The zero-order chi connectivity index (χ0) is 36.4. The van der Waals surface area contributed by atoms with E-state index in [4.69, 9.17) is 0 Å². The molecule has 0 spiro atoms. The van der Waals surface area contributed by atoms with Crippen LogP contribution in [0.5, 0.6) is 0 Å². The second kappa shape index (κ2) is 10.1. The number of hydrogen-bond donors (Lipinski definition) is 0. The van der Waals surface area contributed by atoms with Crippen LogP contribution in [-0.2, 0) is 16.2 Å². The fourth-order valence-electron chi connectivity index (χ4n) is 12.4. The Morgan fingerprint density at radius 3 is 2.02 bits per heavy atom. The Balaban J connectivity index is 1.30. The van der Waals surface area contributed by atoms with Crippen LogP contribution in [0.3, 0.4) is 0 Å². The third-order valence-electron chi connectivity index (χ3n) is 14.9. The molecule has 2 atom stereocenters. The molecule has 6 aromatic carbocycles. The van der Waals surface area contributed by atoms with E-state index in [1.807, 2.05) is 0 Å². The second-order valence-electron chi connectivity index (χ2n) is 18.3. The van der Waals surface area contributed by atoms with Crippen LogP contribution in [0.2, 0.25) is 0 Å². The van der Waals surface area contributed by atoms with E-state index in [0.717, 1.165) is 0 Å². The van der Waals surface area contributed by atoms with Gasteiger partial charge in [0.15, 0.2) is 0 Å². The van der Waals surface area contributed by atoms with Crippen molar-refractivity contribution in [3.63, 3.8) is 0 Å². The number of rotatable bonds is 2. The van der Waals surface area contributed by atoms with Gasteiger partial charge in [-0.2, -0.15) is 0 Å². The molecule has 2 unspecified atom stereocenters. The van der Waals surface area contributed by atoms with Crippen LogP contribution in [0.15, 0.2) is 133 Å². The van der Waals surface area contributed by atoms with Crippen LogP contribution >= 0.6 is 0 Å². The second-order valence-corrected chi connectivity index (χ2v) is 18.3. The Morgan fingerprint density at radius 1 is 0.630 bits per heavy atom. The van der Waals surface area contributed by atoms with E-state index in [2.05, 4.69) is 178 Å². The highest BCUT2D eigenvalue weighted by Gasteiger charge is 2.61. The highest BCUT2D eigenvalue weighted by atomic mass is 15.3. The first kappa shape index (κ1) is 31.1. The molecule has 0 N–H and O–H groups in total. The molecule has 0 radical (unpaired) electrons. The van der Waals surface area contributed by atoms with Crippen molar-refractivity contribution in [2.75, 3.05) is 4.90 Å². The van der Waals surface area contributed by atoms with E-state index in [0.29, 0.717) is 0 Å². The number of nitrogens with zero attached hydrogens (tertiary/aromatic N) is 2. The molecule has 1 aromatic heterocycles. The number of fused-ring (bicyclic) bond motifs is 12. The van der Waals surface area contributed by atoms with Crippen LogP contribution in [0.25, 0.3) is 27.8 Å². The first-order valence-corrected chi connectivity index (χ1v) is 20.2. The molecule has 3 heteroatoms. The molecular formula is C51H45BN2. The lowest BCUT2D eigenvalue weighted by Gasteiger charge is -2.52. The fraction of sp³-hybridized carbons (Fsp3) is 0.255. The summed E-state index contributed by atoms with van der Waals surface area (Å²) in [7, 11) is 0. The smallest absolute Gasteiger partial charge is 0.252 e. The Hall–Kier alpha value is -5.28. The molecule has 3 aliphatic heterocycles. The van der Waals surface area contributed by atoms with Crippen molar-refractivity contribution in [1.82, 2.24) is 4.57 Å². The summed E-state index contributed by atoms with van der Waals surface area (Å²) in [6.07, 6.45) is 5.04. The first-order chi connectivity index (χ1) is 26.2. The van der Waals surface area contributed by atoms with E-state index in [9.17, 15) is 0 Å². The van der Waals surface area contributed by atoms with Crippen LogP contribution < -0.4 is 21.3 Å². The van der Waals surface area contributed by atoms with Gasteiger partial charge in [-0.1, -0.05) is 156 Å². The van der Waals surface area contributed by atoms with Crippen molar-refractivity contribution < 1.29 is 0 Å². The topological polar surface area (TPSA) is 8.17 Å². The minimum atomic E-state index is -0.483. The average molecular weight is 697 g/mol. The lowest BCUT2D eigenvalue weighted by molar-refractivity contribution is 0.195. The molecular weight excluding hydrogens is 651 g/mol. The standard InChI is InChI=1S/C51H45BN2/c1-48(2,3)34-30-36-43-46(35-22-12-13-23-37(35)51(43,32-18-8-6-9-19-32)33-20-10-7-11-21-33)53-41-26-17-27-42-44(41)52(40(31-34)45(36)53)39-25-16-24-38-47(39)54(42)50(5)29-15-14-28-49(38,50)4/h6-13,16-27,30-31H,14-15,28-29H2,1-5H3. The van der Waals surface area contributed by atoms with E-state index in [1.54, 1.807) is 5.56 Å². The first-order valence-electron chi connectivity index (χ1n) is 20.2. The third-order valence-corrected chi connectivity index (χ3v) is 14.9. The van der Waals surface area contributed by atoms with Crippen molar-refractivity contribution in [2.24, 2.45) is 0 Å². The van der Waals surface area contributed by atoms with Gasteiger partial charge < -0.3 is 9.47 Å². The highest BCUT2D eigenvalue weighted by molar-refractivity contribution is 7.00. The number of benzene rings is 6. The molecule has 5 aliphatic rings. The maximum atomic E-state index is 2.85. The van der Waals surface area contributed by atoms with Gasteiger partial charge in [0, 0.05) is 44.5 Å². The summed E-state index contributed by atoms with van der Waals surface area (Å²) in [5.41, 5.74) is 20.7. The zero-order valence-electron chi connectivity index (χ0n) is 32.0. The van der Waals surface area contributed by atoms with Crippen LogP contribution in [0.4, 0.5) is 11.4 Å². The van der Waals surface area contributed by atoms with E-state index >= 15 is 0 Å². The Morgan fingerprint density at radius 2 is 1.28 bits per heavy atom. The Bertz CT molecular complexity index is 2710. The molecule has 2 aliphatic carbocycles. The molecule has 4 heterocycles. The van der Waals surface area contributed by atoms with Crippen molar-refractivity contribution >= 4 is 45.4 Å². The summed E-state index contributed by atoms with van der Waals surface area (Å²) >= 11 is 0. The minimum absolute atomic E-state index is 0.0215. The monoisotopic (exact) mass is 696 g/mol. The molecule has 2 nitrogen and oxygen atoms in total. The van der Waals surface area contributed by atoms with Crippen molar-refractivity contribution in [3.05, 3.63) is 167 Å². The van der Waals surface area contributed by atoms with Gasteiger partial charge in [0.05, 0.1) is 16.6 Å². The molecule has 7 aromatic rings. The summed E-state index contributed by atoms with van der Waals surface area (Å²) in [5.74, 6) is 0. The van der Waals surface area contributed by atoms with Gasteiger partial charge >= 0.3 is 0 Å². The maximum absolute atomic E-state index is 2.85. The number of para-hydroxylation sites is 1. The fourth-order valence-corrected chi connectivity index (χ4v) is 12.4. The number of aromatic nitrogens is 1. The summed E-state index contributed by atoms with van der Waals surface area (Å²) in [5, 5.41) is 1.38. The molecule has 0 amide bonds. The van der Waals surface area contributed by atoms with Gasteiger partial charge in [0.1, 0.15) is 0 Å². The molecule has 262 valence electrons. The Labute approximate surface area is 319 Å². The molecule has 1 fully saturated rings. The predicted octanol–water partition coefficient (Wildman–Crippen LogP) is 10.2. The van der Waals surface area contributed by atoms with E-state index in [-0.39, 0.29) is 23.1 Å². The SMILES string of the molecule is CC(C)(C)c1cc2c3c(c1)c1c(n3-c3cccc4c3B2c2cccc3c2N4C2(C)CCCCC32C)-c2ccccc2C1(c1ccccc1)c1ccccc1. The van der Waals surface area contributed by atoms with Crippen molar-refractivity contribution in [2.45, 2.75) is 82.1 Å². The van der Waals surface area contributed by atoms with Crippen LogP contribution in [0, 0.1) is 0 Å². The summed E-state index contributed by atoms with van der Waals surface area (Å²) in [6.45, 7) is 12.5. The minimum Gasteiger partial charge on any atom is -0.335 e. The Kier molecular flexibility index (Phi) is 5.80. The lowest BCUT2D eigenvalue weighted by atomic mass is 9.33. The number of hydrogen-bond acceptors (Lipinski definition) is 1. The van der Waals surface area contributed by atoms with Gasteiger partial charge in [0.2, 0.25) is 0 Å². The molecule has 0 bridgehead atoms. The molecule has 12 rings (SSSR count). The van der Waals surface area contributed by atoms with Crippen LogP contribution in [0.1, 0.15) is 93.7 Å². The third kappa shape index (κ3) is 3.39. The quantitative estimate of drug-likeness (QED) is 0.163. The normalized spacial score (nSPS) is 22.1.